The molecule has 2 heterocycles. The molecule has 3 rings (SSSR count). The highest BCUT2D eigenvalue weighted by Gasteiger charge is 2.43. The van der Waals surface area contributed by atoms with E-state index in [2.05, 4.69) is 5.32 Å². The van der Waals surface area contributed by atoms with Crippen LogP contribution in [0.1, 0.15) is 32.6 Å². The van der Waals surface area contributed by atoms with E-state index in [9.17, 15) is 14.0 Å². The summed E-state index contributed by atoms with van der Waals surface area (Å²) >= 11 is 0. The molecule has 142 valence electrons. The molecule has 2 atom stereocenters. The second kappa shape index (κ2) is 8.49. The summed E-state index contributed by atoms with van der Waals surface area (Å²) in [6.45, 7) is 3.20. The number of anilines is 1. The Hall–Kier alpha value is -2.15. The van der Waals surface area contributed by atoms with Gasteiger partial charge in [-0.05, 0) is 44.7 Å². The van der Waals surface area contributed by atoms with Crippen molar-refractivity contribution in [2.75, 3.05) is 24.6 Å². The van der Waals surface area contributed by atoms with Crippen LogP contribution in [0.25, 0.3) is 0 Å². The summed E-state index contributed by atoms with van der Waals surface area (Å²) in [5.74, 6) is -0.402. The molecule has 7 heteroatoms. The lowest BCUT2D eigenvalue weighted by Crippen LogP contribution is -2.52. The van der Waals surface area contributed by atoms with Crippen LogP contribution in [0.15, 0.2) is 24.3 Å². The van der Waals surface area contributed by atoms with Crippen LogP contribution in [0.2, 0.25) is 0 Å². The predicted octanol–water partition coefficient (Wildman–Crippen LogP) is 2.53. The number of nitrogens with zero attached hydrogens (tertiary/aromatic N) is 2. The van der Waals surface area contributed by atoms with Crippen molar-refractivity contribution in [3.63, 3.8) is 0 Å². The number of carbonyl (C=O) groups is 2. The van der Waals surface area contributed by atoms with Gasteiger partial charge in [-0.1, -0.05) is 12.1 Å². The average Bonchev–Trinajstić information content (AvgIpc) is 2.91. The van der Waals surface area contributed by atoms with Crippen LogP contribution in [0.3, 0.4) is 0 Å². The van der Waals surface area contributed by atoms with Crippen molar-refractivity contribution in [1.29, 1.82) is 0 Å². The first kappa shape index (κ1) is 18.6. The van der Waals surface area contributed by atoms with E-state index in [1.165, 1.54) is 11.0 Å². The first-order valence-corrected chi connectivity index (χ1v) is 9.29. The van der Waals surface area contributed by atoms with Gasteiger partial charge in [-0.15, -0.1) is 0 Å². The van der Waals surface area contributed by atoms with Gasteiger partial charge in [0.05, 0.1) is 12.3 Å². The molecule has 2 aliphatic heterocycles. The molecule has 2 unspecified atom stereocenters. The quantitative estimate of drug-likeness (QED) is 0.756. The first-order valence-electron chi connectivity index (χ1n) is 9.29. The van der Waals surface area contributed by atoms with Gasteiger partial charge in [0.1, 0.15) is 5.82 Å². The summed E-state index contributed by atoms with van der Waals surface area (Å²) in [5, 5.41) is 3.47. The smallest absolute Gasteiger partial charge is 0.410 e. The number of nitrogens with one attached hydrogen (secondary N) is 1. The number of ether oxygens (including phenoxy) is 1. The number of hydrogen-bond acceptors (Lipinski definition) is 4. The molecule has 0 aliphatic carbocycles. The Morgan fingerprint density at radius 2 is 2.04 bits per heavy atom. The van der Waals surface area contributed by atoms with E-state index in [1.807, 2.05) is 11.8 Å². The molecule has 0 radical (unpaired) electrons. The van der Waals surface area contributed by atoms with E-state index in [1.54, 1.807) is 18.2 Å². The van der Waals surface area contributed by atoms with Crippen molar-refractivity contribution < 1.29 is 18.7 Å². The van der Waals surface area contributed by atoms with Gasteiger partial charge in [0, 0.05) is 31.2 Å². The topological polar surface area (TPSA) is 61.9 Å². The normalized spacial score (nSPS) is 24.4. The van der Waals surface area contributed by atoms with Crippen molar-refractivity contribution in [1.82, 2.24) is 10.2 Å². The molecule has 0 aromatic heterocycles. The second-order valence-electron chi connectivity index (χ2n) is 6.86. The Kier molecular flexibility index (Phi) is 6.08. The van der Waals surface area contributed by atoms with E-state index in [0.29, 0.717) is 37.8 Å². The number of fused-ring (bicyclic) bond motifs is 2. The lowest BCUT2D eigenvalue weighted by atomic mass is 9.98. The van der Waals surface area contributed by atoms with Crippen LogP contribution in [-0.2, 0) is 9.53 Å². The Bertz CT molecular complexity index is 628. The molecule has 26 heavy (non-hydrogen) atoms. The summed E-state index contributed by atoms with van der Waals surface area (Å²) in [4.78, 5) is 26.7. The highest BCUT2D eigenvalue weighted by molar-refractivity contribution is 5.75. The van der Waals surface area contributed by atoms with E-state index < -0.39 is 5.82 Å². The summed E-state index contributed by atoms with van der Waals surface area (Å²) in [7, 11) is 0. The van der Waals surface area contributed by atoms with Gasteiger partial charge in [-0.25, -0.2) is 9.18 Å². The standard InChI is InChI=1S/C19H26FN3O3/c1-2-26-19(25)23-15-7-8-16(23)12-14(11-15)21-9-10-22(13-24)18-6-4-3-5-17(18)20/h3-6,13-16,21H,2,7-12H2,1H3. The van der Waals surface area contributed by atoms with Gasteiger partial charge in [-0.3, -0.25) is 4.79 Å². The molecule has 1 N–H and O–H groups in total. The molecule has 2 amide bonds. The van der Waals surface area contributed by atoms with Crippen LogP contribution in [0.5, 0.6) is 0 Å². The van der Waals surface area contributed by atoms with Crippen LogP contribution in [-0.4, -0.2) is 55.2 Å². The number of amides is 2. The molecule has 1 aromatic carbocycles. The fourth-order valence-electron chi connectivity index (χ4n) is 4.14. The monoisotopic (exact) mass is 363 g/mol. The van der Waals surface area contributed by atoms with Crippen molar-refractivity contribution >= 4 is 18.2 Å². The molecule has 0 saturated carbocycles. The summed E-state index contributed by atoms with van der Waals surface area (Å²) in [6.07, 6.45) is 4.25. The highest BCUT2D eigenvalue weighted by atomic mass is 19.1. The van der Waals surface area contributed by atoms with Gasteiger partial charge in [0.25, 0.3) is 0 Å². The van der Waals surface area contributed by atoms with Crippen LogP contribution >= 0.6 is 0 Å². The number of benzene rings is 1. The maximum atomic E-state index is 13.8. The van der Waals surface area contributed by atoms with Crippen molar-refractivity contribution in [3.05, 3.63) is 30.1 Å². The summed E-state index contributed by atoms with van der Waals surface area (Å²) in [5.41, 5.74) is 0.293. The lowest BCUT2D eigenvalue weighted by Gasteiger charge is -2.38. The largest absolute Gasteiger partial charge is 0.450 e. The van der Waals surface area contributed by atoms with Gasteiger partial charge in [-0.2, -0.15) is 0 Å². The molecule has 2 aliphatic rings. The molecule has 1 aromatic rings. The molecular weight excluding hydrogens is 337 g/mol. The zero-order chi connectivity index (χ0) is 18.5. The molecule has 2 saturated heterocycles. The number of hydrogen-bond donors (Lipinski definition) is 1. The number of rotatable bonds is 7. The summed E-state index contributed by atoms with van der Waals surface area (Å²) in [6, 6.07) is 7.01. The van der Waals surface area contributed by atoms with E-state index >= 15 is 0 Å². The minimum atomic E-state index is -0.402. The van der Waals surface area contributed by atoms with Crippen molar-refractivity contribution in [3.8, 4) is 0 Å². The van der Waals surface area contributed by atoms with Crippen molar-refractivity contribution in [2.24, 2.45) is 0 Å². The number of halogens is 1. The maximum Gasteiger partial charge on any atom is 0.410 e. The summed E-state index contributed by atoms with van der Waals surface area (Å²) < 4.78 is 19.0. The van der Waals surface area contributed by atoms with Gasteiger partial charge >= 0.3 is 6.09 Å². The number of para-hydroxylation sites is 1. The van der Waals surface area contributed by atoms with Crippen molar-refractivity contribution in [2.45, 2.75) is 50.7 Å². The molecule has 2 fully saturated rings. The average molecular weight is 363 g/mol. The fourth-order valence-corrected chi connectivity index (χ4v) is 4.14. The first-order chi connectivity index (χ1) is 12.6. The lowest BCUT2D eigenvalue weighted by molar-refractivity contribution is -0.107. The Morgan fingerprint density at radius 3 is 2.65 bits per heavy atom. The minimum Gasteiger partial charge on any atom is -0.450 e. The molecule has 6 nitrogen and oxygen atoms in total. The van der Waals surface area contributed by atoms with Crippen LogP contribution in [0.4, 0.5) is 14.9 Å². The maximum absolute atomic E-state index is 13.8. The Labute approximate surface area is 153 Å². The fraction of sp³-hybridized carbons (Fsp3) is 0.579. The predicted molar refractivity (Wildman–Crippen MR) is 96.5 cm³/mol. The number of carbonyl (C=O) groups excluding carboxylic acids is 2. The van der Waals surface area contributed by atoms with E-state index in [4.69, 9.17) is 4.74 Å². The zero-order valence-electron chi connectivity index (χ0n) is 15.1. The number of piperidine rings is 1. The van der Waals surface area contributed by atoms with Crippen LogP contribution < -0.4 is 10.2 Å². The molecule has 0 spiro atoms. The van der Waals surface area contributed by atoms with Gasteiger partial charge in [0.2, 0.25) is 6.41 Å². The Morgan fingerprint density at radius 1 is 1.35 bits per heavy atom. The van der Waals surface area contributed by atoms with Gasteiger partial charge in [0.15, 0.2) is 0 Å². The molecular formula is C19H26FN3O3. The highest BCUT2D eigenvalue weighted by Crippen LogP contribution is 2.36. The zero-order valence-corrected chi connectivity index (χ0v) is 15.1. The second-order valence-corrected chi connectivity index (χ2v) is 6.86. The third-order valence-corrected chi connectivity index (χ3v) is 5.29. The minimum absolute atomic E-state index is 0.204. The van der Waals surface area contributed by atoms with E-state index in [0.717, 1.165) is 25.7 Å². The van der Waals surface area contributed by atoms with Gasteiger partial charge < -0.3 is 19.9 Å². The third kappa shape index (κ3) is 3.98. The van der Waals surface area contributed by atoms with Crippen LogP contribution in [0, 0.1) is 5.82 Å². The van der Waals surface area contributed by atoms with E-state index in [-0.39, 0.29) is 18.2 Å². The Balaban J connectivity index is 1.50. The molecule has 2 bridgehead atoms. The SMILES string of the molecule is CCOC(=O)N1C2CCC1CC(NCCN(C=O)c1ccccc1F)C2. The third-order valence-electron chi connectivity index (χ3n) is 5.29.